The molecule has 1 saturated heterocycles. The van der Waals surface area contributed by atoms with Crippen molar-refractivity contribution in [3.05, 3.63) is 46.7 Å². The molecule has 6 heteroatoms. The number of carbonyl (C=O) groups is 2. The van der Waals surface area contributed by atoms with Crippen molar-refractivity contribution in [1.29, 1.82) is 0 Å². The van der Waals surface area contributed by atoms with Gasteiger partial charge in [0.05, 0.1) is 12.7 Å². The Bertz CT molecular complexity index is 1350. The lowest BCUT2D eigenvalue weighted by Crippen LogP contribution is -2.60. The number of aromatic amines is 1. The van der Waals surface area contributed by atoms with Gasteiger partial charge in [0.25, 0.3) is 0 Å². The third kappa shape index (κ3) is 2.43. The van der Waals surface area contributed by atoms with Crippen LogP contribution in [0.4, 0.5) is 0 Å². The SMILES string of the molecule is COC(=O)c1ccc2[nH]c3c(c2c1)CC1CCC2C4=CC(=O)C5OC4(CCC2(C)[C@@]31C)OC5(C)C. The average Bonchev–Trinajstić information content (AvgIpc) is 3.41. The summed E-state index contributed by atoms with van der Waals surface area (Å²) in [4.78, 5) is 29.1. The summed E-state index contributed by atoms with van der Waals surface area (Å²) in [5, 5.41) is 1.13. The van der Waals surface area contributed by atoms with Crippen molar-refractivity contribution in [1.82, 2.24) is 4.98 Å². The molecule has 6 nitrogen and oxygen atoms in total. The fourth-order valence-electron chi connectivity index (χ4n) is 8.67. The highest BCUT2D eigenvalue weighted by Crippen LogP contribution is 2.70. The zero-order valence-electron chi connectivity index (χ0n) is 21.1. The Kier molecular flexibility index (Phi) is 4.02. The van der Waals surface area contributed by atoms with Crippen molar-refractivity contribution in [3.8, 4) is 0 Å². The first-order chi connectivity index (χ1) is 16.5. The van der Waals surface area contributed by atoms with Crippen molar-refractivity contribution in [3.63, 3.8) is 0 Å². The van der Waals surface area contributed by atoms with Crippen LogP contribution in [0, 0.1) is 17.3 Å². The molecule has 1 N–H and O–H groups in total. The molecule has 3 fully saturated rings. The van der Waals surface area contributed by atoms with Crippen molar-refractivity contribution in [2.24, 2.45) is 17.3 Å². The average molecular weight is 476 g/mol. The smallest absolute Gasteiger partial charge is 0.337 e. The highest BCUT2D eigenvalue weighted by molar-refractivity contribution is 5.97. The molecule has 0 radical (unpaired) electrons. The summed E-state index contributed by atoms with van der Waals surface area (Å²) in [6, 6.07) is 5.82. The number of ketones is 1. The van der Waals surface area contributed by atoms with Gasteiger partial charge < -0.3 is 19.2 Å². The van der Waals surface area contributed by atoms with E-state index in [1.54, 1.807) is 0 Å². The third-order valence-electron chi connectivity index (χ3n) is 10.6. The lowest BCUT2D eigenvalue weighted by Gasteiger charge is -2.61. The number of carbonyl (C=O) groups excluding carboxylic acids is 2. The van der Waals surface area contributed by atoms with Gasteiger partial charge in [-0.05, 0) is 92.2 Å². The molecule has 2 saturated carbocycles. The molecule has 1 aromatic heterocycles. The maximum atomic E-state index is 13.1. The second-order valence-electron chi connectivity index (χ2n) is 12.3. The fraction of sp³-hybridized carbons (Fsp3) is 0.586. The summed E-state index contributed by atoms with van der Waals surface area (Å²) < 4.78 is 18.0. The van der Waals surface area contributed by atoms with Crippen molar-refractivity contribution < 1.29 is 23.8 Å². The number of H-pyrrole nitrogens is 1. The molecule has 6 atom stereocenters. The van der Waals surface area contributed by atoms with Gasteiger partial charge in [-0.25, -0.2) is 4.79 Å². The van der Waals surface area contributed by atoms with Crippen LogP contribution in [0.2, 0.25) is 0 Å². The molecule has 7 rings (SSSR count). The van der Waals surface area contributed by atoms with Gasteiger partial charge in [0, 0.05) is 28.4 Å². The Labute approximate surface area is 205 Å². The van der Waals surface area contributed by atoms with Gasteiger partial charge in [-0.1, -0.05) is 13.8 Å². The van der Waals surface area contributed by atoms with E-state index >= 15 is 0 Å². The highest BCUT2D eigenvalue weighted by atomic mass is 16.8. The largest absolute Gasteiger partial charge is 0.465 e. The summed E-state index contributed by atoms with van der Waals surface area (Å²) in [5.74, 6) is -0.284. The molecule has 3 heterocycles. The van der Waals surface area contributed by atoms with E-state index in [9.17, 15) is 9.59 Å². The minimum absolute atomic E-state index is 0.0442. The van der Waals surface area contributed by atoms with E-state index in [0.29, 0.717) is 11.5 Å². The summed E-state index contributed by atoms with van der Waals surface area (Å²) in [6.07, 6.45) is 6.24. The molecule has 2 bridgehead atoms. The Morgan fingerprint density at radius 1 is 1.14 bits per heavy atom. The Balaban J connectivity index is 1.36. The Hall–Kier alpha value is -2.44. The van der Waals surface area contributed by atoms with Crippen LogP contribution in [0.3, 0.4) is 0 Å². The topological polar surface area (TPSA) is 77.6 Å². The molecule has 5 unspecified atom stereocenters. The summed E-state index contributed by atoms with van der Waals surface area (Å²) >= 11 is 0. The van der Waals surface area contributed by atoms with Gasteiger partial charge in [-0.15, -0.1) is 0 Å². The van der Waals surface area contributed by atoms with Crippen LogP contribution in [0.15, 0.2) is 29.8 Å². The molecule has 2 aliphatic heterocycles. The molecular weight excluding hydrogens is 442 g/mol. The van der Waals surface area contributed by atoms with E-state index in [-0.39, 0.29) is 28.5 Å². The summed E-state index contributed by atoms with van der Waals surface area (Å²) in [6.45, 7) is 8.81. The number of fused-ring (bicyclic) bond motifs is 9. The molecule has 35 heavy (non-hydrogen) atoms. The lowest BCUT2D eigenvalue weighted by molar-refractivity contribution is -0.205. The minimum atomic E-state index is -0.757. The number of rotatable bonds is 1. The standard InChI is InChI=1S/C29H33NO5/c1-26(2)24-22(31)14-20-19-8-7-16-13-18-17-12-15(25(32)33-5)6-9-21(17)30-23(18)28(16,4)27(19,3)10-11-29(20,34-24)35-26/h6,9,12,14,16,19,24,30H,7-8,10-11,13H2,1-5H3/t16?,19?,24?,27?,28-,29?/m1/s1. The van der Waals surface area contributed by atoms with E-state index in [1.807, 2.05) is 38.1 Å². The first kappa shape index (κ1) is 21.8. The number of esters is 1. The van der Waals surface area contributed by atoms with E-state index < -0.39 is 17.5 Å². The normalized spacial score (nSPS) is 40.5. The molecule has 2 aromatic rings. The van der Waals surface area contributed by atoms with E-state index in [4.69, 9.17) is 14.2 Å². The van der Waals surface area contributed by atoms with Gasteiger partial charge in [-0.3, -0.25) is 4.79 Å². The Morgan fingerprint density at radius 3 is 2.71 bits per heavy atom. The number of ether oxygens (including phenoxy) is 3. The quantitative estimate of drug-likeness (QED) is 0.588. The molecule has 1 aromatic carbocycles. The zero-order chi connectivity index (χ0) is 24.5. The van der Waals surface area contributed by atoms with Crippen molar-refractivity contribution in [2.75, 3.05) is 7.11 Å². The number of aromatic nitrogens is 1. The first-order valence-electron chi connectivity index (χ1n) is 12.9. The molecule has 184 valence electrons. The zero-order valence-corrected chi connectivity index (χ0v) is 21.1. The molecule has 5 aliphatic rings. The van der Waals surface area contributed by atoms with Crippen LogP contribution >= 0.6 is 0 Å². The van der Waals surface area contributed by atoms with Gasteiger partial charge in [-0.2, -0.15) is 0 Å². The van der Waals surface area contributed by atoms with Gasteiger partial charge in [0.2, 0.25) is 0 Å². The molecule has 0 amide bonds. The monoisotopic (exact) mass is 475 g/mol. The van der Waals surface area contributed by atoms with Gasteiger partial charge in [0.15, 0.2) is 17.7 Å². The number of benzene rings is 1. The minimum Gasteiger partial charge on any atom is -0.465 e. The summed E-state index contributed by atoms with van der Waals surface area (Å²) in [5.41, 5.74) is 4.63. The predicted molar refractivity (Wildman–Crippen MR) is 130 cm³/mol. The van der Waals surface area contributed by atoms with Gasteiger partial charge >= 0.3 is 5.97 Å². The van der Waals surface area contributed by atoms with E-state index in [1.165, 1.54) is 18.4 Å². The number of nitrogens with one attached hydrogen (secondary N) is 1. The van der Waals surface area contributed by atoms with Crippen LogP contribution in [0.1, 0.15) is 75.0 Å². The fourth-order valence-corrected chi connectivity index (χ4v) is 8.67. The Morgan fingerprint density at radius 2 is 1.94 bits per heavy atom. The predicted octanol–water partition coefficient (Wildman–Crippen LogP) is 4.99. The lowest BCUT2D eigenvalue weighted by atomic mass is 9.44. The molecular formula is C29H33NO5. The number of hydrogen-bond acceptors (Lipinski definition) is 5. The van der Waals surface area contributed by atoms with E-state index in [2.05, 4.69) is 18.8 Å². The maximum Gasteiger partial charge on any atom is 0.337 e. The number of methoxy groups -OCH3 is 1. The molecule has 1 spiro atoms. The second-order valence-corrected chi connectivity index (χ2v) is 12.3. The van der Waals surface area contributed by atoms with Crippen molar-refractivity contribution in [2.45, 2.75) is 82.7 Å². The van der Waals surface area contributed by atoms with Crippen molar-refractivity contribution >= 4 is 22.7 Å². The second kappa shape index (κ2) is 6.46. The highest BCUT2D eigenvalue weighted by Gasteiger charge is 2.69. The van der Waals surface area contributed by atoms with Crippen LogP contribution in [0.25, 0.3) is 10.9 Å². The number of hydrogen-bond donors (Lipinski definition) is 1. The van der Waals surface area contributed by atoms with Gasteiger partial charge in [0.1, 0.15) is 5.60 Å². The van der Waals surface area contributed by atoms with Crippen LogP contribution in [-0.2, 0) is 30.8 Å². The molecule has 3 aliphatic carbocycles. The third-order valence-corrected chi connectivity index (χ3v) is 10.6. The van der Waals surface area contributed by atoms with Crippen LogP contribution in [0.5, 0.6) is 0 Å². The van der Waals surface area contributed by atoms with Crippen LogP contribution in [-0.4, -0.2) is 41.3 Å². The van der Waals surface area contributed by atoms with E-state index in [0.717, 1.165) is 48.6 Å². The first-order valence-corrected chi connectivity index (χ1v) is 12.9. The summed E-state index contributed by atoms with van der Waals surface area (Å²) in [7, 11) is 1.42. The maximum absolute atomic E-state index is 13.1. The van der Waals surface area contributed by atoms with Crippen LogP contribution < -0.4 is 0 Å².